The maximum Gasteiger partial charge on any atom is 0.149 e. The van der Waals surface area contributed by atoms with Gasteiger partial charge < -0.3 is 39.4 Å². The minimum atomic E-state index is 0.232. The number of hydrogen-bond acceptors (Lipinski definition) is 12. The first-order chi connectivity index (χ1) is 21.5. The molecule has 12 heteroatoms. The fourth-order valence-corrected chi connectivity index (χ4v) is 5.89. The van der Waals surface area contributed by atoms with Gasteiger partial charge in [-0.1, -0.05) is 23.5 Å². The van der Waals surface area contributed by atoms with Crippen molar-refractivity contribution < 1.29 is 39.4 Å². The molecule has 0 atom stereocenters. The summed E-state index contributed by atoms with van der Waals surface area (Å²) in [5.74, 6) is 3.76. The second-order valence-electron chi connectivity index (χ2n) is 8.66. The molecular weight excluding hydrogens is 641 g/mol. The molecular formula is C32H36O8S4. The molecule has 0 saturated carbocycles. The molecule has 0 aliphatic heterocycles. The number of phenols is 4. The van der Waals surface area contributed by atoms with Gasteiger partial charge in [0.1, 0.15) is 36.6 Å². The summed E-state index contributed by atoms with van der Waals surface area (Å²) in [4.78, 5) is 4.28. The van der Waals surface area contributed by atoms with Gasteiger partial charge in [0.05, 0.1) is 25.1 Å². The normalized spacial score (nSPS) is 10.7. The second kappa shape index (κ2) is 21.9. The van der Waals surface area contributed by atoms with E-state index in [1.807, 2.05) is 48.5 Å². The number of thioether (sulfide) groups is 4. The molecule has 0 saturated heterocycles. The lowest BCUT2D eigenvalue weighted by molar-refractivity contribution is -0.0426. The van der Waals surface area contributed by atoms with E-state index in [1.54, 1.807) is 72.1 Å². The zero-order chi connectivity index (χ0) is 31.2. The van der Waals surface area contributed by atoms with Crippen LogP contribution in [0.15, 0.2) is 117 Å². The van der Waals surface area contributed by atoms with Crippen molar-refractivity contribution in [3.63, 3.8) is 0 Å². The van der Waals surface area contributed by atoms with Crippen molar-refractivity contribution in [2.45, 2.75) is 19.6 Å². The van der Waals surface area contributed by atoms with Gasteiger partial charge >= 0.3 is 0 Å². The molecule has 0 aliphatic carbocycles. The Morgan fingerprint density at radius 1 is 0.364 bits per heavy atom. The Morgan fingerprint density at radius 3 is 0.955 bits per heavy atom. The maximum absolute atomic E-state index is 9.19. The molecule has 0 spiro atoms. The number of hydrogen-bond donors (Lipinski definition) is 4. The van der Waals surface area contributed by atoms with Crippen LogP contribution in [-0.4, -0.2) is 70.6 Å². The van der Waals surface area contributed by atoms with Crippen LogP contribution in [0.5, 0.6) is 23.0 Å². The van der Waals surface area contributed by atoms with Gasteiger partial charge in [-0.2, -0.15) is 0 Å². The number of rotatable bonds is 18. The fourth-order valence-electron chi connectivity index (χ4n) is 3.13. The van der Waals surface area contributed by atoms with Crippen LogP contribution in [-0.2, 0) is 18.9 Å². The highest BCUT2D eigenvalue weighted by Gasteiger charge is 1.99. The Balaban J connectivity index is 0.000000241. The smallest absolute Gasteiger partial charge is 0.149 e. The number of aromatic hydroxyl groups is 4. The molecule has 4 N–H and O–H groups in total. The van der Waals surface area contributed by atoms with Gasteiger partial charge in [-0.25, -0.2) is 0 Å². The van der Waals surface area contributed by atoms with E-state index in [2.05, 4.69) is 0 Å². The topological polar surface area (TPSA) is 118 Å². The maximum atomic E-state index is 9.19. The number of ether oxygens (including phenoxy) is 4. The molecule has 8 nitrogen and oxygen atoms in total. The van der Waals surface area contributed by atoms with E-state index in [4.69, 9.17) is 29.2 Å². The van der Waals surface area contributed by atoms with Crippen LogP contribution in [0.1, 0.15) is 0 Å². The second-order valence-corrected chi connectivity index (χ2v) is 13.0. The third kappa shape index (κ3) is 16.4. The highest BCUT2D eigenvalue weighted by molar-refractivity contribution is 7.99. The number of benzene rings is 4. The van der Waals surface area contributed by atoms with Crippen molar-refractivity contribution in [1.29, 1.82) is 0 Å². The van der Waals surface area contributed by atoms with Crippen LogP contribution in [0, 0.1) is 0 Å². The molecule has 236 valence electrons. The summed E-state index contributed by atoms with van der Waals surface area (Å²) in [5, 5.41) is 36.7. The average molecular weight is 677 g/mol. The van der Waals surface area contributed by atoms with E-state index in [0.29, 0.717) is 31.9 Å². The fraction of sp³-hybridized carbons (Fsp3) is 0.250. The minimum absolute atomic E-state index is 0.232. The molecule has 44 heavy (non-hydrogen) atoms. The van der Waals surface area contributed by atoms with Crippen molar-refractivity contribution in [2.75, 3.05) is 50.2 Å². The zero-order valence-corrected chi connectivity index (χ0v) is 27.2. The Hall–Kier alpha value is -2.68. The third-order valence-corrected chi connectivity index (χ3v) is 9.02. The molecule has 0 unspecified atom stereocenters. The van der Waals surface area contributed by atoms with Gasteiger partial charge in [0, 0.05) is 31.1 Å². The van der Waals surface area contributed by atoms with Gasteiger partial charge in [-0.3, -0.25) is 0 Å². The van der Waals surface area contributed by atoms with Crippen LogP contribution in [0.3, 0.4) is 0 Å². The quantitative estimate of drug-likeness (QED) is 0.0467. The van der Waals surface area contributed by atoms with Gasteiger partial charge in [0.15, 0.2) is 0 Å². The molecule has 4 rings (SSSR count). The van der Waals surface area contributed by atoms with Crippen LogP contribution >= 0.6 is 47.0 Å². The van der Waals surface area contributed by atoms with E-state index >= 15 is 0 Å². The monoisotopic (exact) mass is 676 g/mol. The SMILES string of the molecule is Oc1ccc(SCCOCOCCSc2ccc(O)cc2)cc1.Oc1ccc(SCOCOCSc2ccc(O)cc2)cc1. The Bertz CT molecular complexity index is 1190. The number of phenolic OH excluding ortho intramolecular Hbond substituents is 4. The minimum Gasteiger partial charge on any atom is -0.508 e. The van der Waals surface area contributed by atoms with Crippen molar-refractivity contribution in [1.82, 2.24) is 0 Å². The lowest BCUT2D eigenvalue weighted by Gasteiger charge is -2.06. The van der Waals surface area contributed by atoms with E-state index in [1.165, 1.54) is 23.5 Å². The standard InChI is InChI=1S/C17H20O4S2.C15H16O4S2/c18-14-1-5-16(6-2-14)22-11-9-20-13-21-10-12-23-17-7-3-15(19)4-8-17;16-12-1-5-14(6-2-12)20-10-18-9-19-11-21-15-7-3-13(17)4-8-15/h1-8,18-19H,9-13H2;1-8,16-17H,9-11H2. The lowest BCUT2D eigenvalue weighted by atomic mass is 10.3. The van der Waals surface area contributed by atoms with Gasteiger partial charge in [0.2, 0.25) is 0 Å². The summed E-state index contributed by atoms with van der Waals surface area (Å²) in [7, 11) is 0. The zero-order valence-electron chi connectivity index (χ0n) is 23.9. The summed E-state index contributed by atoms with van der Waals surface area (Å²) < 4.78 is 21.5. The predicted molar refractivity (Wildman–Crippen MR) is 179 cm³/mol. The first-order valence-electron chi connectivity index (χ1n) is 13.5. The van der Waals surface area contributed by atoms with Crippen LogP contribution < -0.4 is 0 Å². The van der Waals surface area contributed by atoms with Gasteiger partial charge in [-0.15, -0.1) is 23.5 Å². The van der Waals surface area contributed by atoms with Crippen LogP contribution in [0.25, 0.3) is 0 Å². The molecule has 4 aromatic rings. The molecule has 0 bridgehead atoms. The molecule has 0 heterocycles. The largest absolute Gasteiger partial charge is 0.508 e. The van der Waals surface area contributed by atoms with Crippen molar-refractivity contribution in [2.24, 2.45) is 0 Å². The Labute approximate surface area is 275 Å². The van der Waals surface area contributed by atoms with E-state index < -0.39 is 0 Å². The van der Waals surface area contributed by atoms with Crippen molar-refractivity contribution >= 4 is 47.0 Å². The predicted octanol–water partition coefficient (Wildman–Crippen LogP) is 7.86. The van der Waals surface area contributed by atoms with E-state index in [-0.39, 0.29) is 29.8 Å². The molecule has 0 amide bonds. The molecule has 4 aromatic carbocycles. The lowest BCUT2D eigenvalue weighted by Crippen LogP contribution is -2.05. The first-order valence-corrected chi connectivity index (χ1v) is 17.4. The van der Waals surface area contributed by atoms with E-state index in [0.717, 1.165) is 31.1 Å². The molecule has 0 aromatic heterocycles. The summed E-state index contributed by atoms with van der Waals surface area (Å²) in [5.41, 5.74) is 0. The first kappa shape index (κ1) is 35.8. The third-order valence-electron chi connectivity index (χ3n) is 5.29. The highest BCUT2D eigenvalue weighted by atomic mass is 32.2. The summed E-state index contributed by atoms with van der Waals surface area (Å²) in [6.07, 6.45) is 0. The summed E-state index contributed by atoms with van der Waals surface area (Å²) in [6, 6.07) is 28.2. The average Bonchev–Trinajstić information content (AvgIpc) is 3.03. The van der Waals surface area contributed by atoms with E-state index in [9.17, 15) is 10.2 Å². The summed E-state index contributed by atoms with van der Waals surface area (Å²) in [6.45, 7) is 1.77. The summed E-state index contributed by atoms with van der Waals surface area (Å²) >= 11 is 6.43. The van der Waals surface area contributed by atoms with Crippen molar-refractivity contribution in [3.8, 4) is 23.0 Å². The Kier molecular flexibility index (Phi) is 17.8. The van der Waals surface area contributed by atoms with Crippen LogP contribution in [0.4, 0.5) is 0 Å². The molecule has 0 radical (unpaired) electrons. The van der Waals surface area contributed by atoms with Gasteiger partial charge in [-0.05, 0) is 97.1 Å². The van der Waals surface area contributed by atoms with Crippen molar-refractivity contribution in [3.05, 3.63) is 97.1 Å². The van der Waals surface area contributed by atoms with Gasteiger partial charge in [0.25, 0.3) is 0 Å². The highest BCUT2D eigenvalue weighted by Crippen LogP contribution is 2.23. The molecule has 0 aliphatic rings. The Morgan fingerprint density at radius 2 is 0.636 bits per heavy atom. The molecule has 0 fully saturated rings. The van der Waals surface area contributed by atoms with Crippen LogP contribution in [0.2, 0.25) is 0 Å².